The fourth-order valence-electron chi connectivity index (χ4n) is 1.93. The summed E-state index contributed by atoms with van der Waals surface area (Å²) in [5.74, 6) is 0.301. The molecule has 1 heterocycles. The molecule has 106 valence electrons. The van der Waals surface area contributed by atoms with E-state index < -0.39 is 0 Å². The van der Waals surface area contributed by atoms with Gasteiger partial charge in [-0.1, -0.05) is 40.3 Å². The molecule has 1 aromatic rings. The highest BCUT2D eigenvalue weighted by atomic mass is 15.3. The van der Waals surface area contributed by atoms with Crippen LogP contribution in [0.3, 0.4) is 0 Å². The van der Waals surface area contributed by atoms with Crippen LogP contribution in [0.5, 0.6) is 0 Å². The molecule has 0 aliphatic heterocycles. The third-order valence-electron chi connectivity index (χ3n) is 3.33. The van der Waals surface area contributed by atoms with Crippen molar-refractivity contribution in [3.63, 3.8) is 0 Å². The molecule has 0 amide bonds. The van der Waals surface area contributed by atoms with Gasteiger partial charge in [0.25, 0.3) is 0 Å². The highest BCUT2D eigenvalue weighted by Crippen LogP contribution is 2.27. The molecular formula is C16H27N3. The summed E-state index contributed by atoms with van der Waals surface area (Å²) in [6, 6.07) is 2.49. The van der Waals surface area contributed by atoms with Gasteiger partial charge in [0.15, 0.2) is 0 Å². The number of hydrogen-bond acceptors (Lipinski definition) is 2. The Labute approximate surface area is 117 Å². The van der Waals surface area contributed by atoms with Gasteiger partial charge in [0, 0.05) is 23.6 Å². The number of nitrogens with zero attached hydrogens (tertiary/aromatic N) is 2. The van der Waals surface area contributed by atoms with Gasteiger partial charge in [-0.05, 0) is 19.2 Å². The SMILES string of the molecule is C=CNCC(C)n1nc(C(C)(C)C)cc1C(C)C=C. The Balaban J connectivity index is 3.15. The number of aromatic nitrogens is 2. The van der Waals surface area contributed by atoms with E-state index in [1.54, 1.807) is 6.20 Å². The zero-order valence-electron chi connectivity index (χ0n) is 12.9. The minimum absolute atomic E-state index is 0.0620. The van der Waals surface area contributed by atoms with Crippen LogP contribution in [0.2, 0.25) is 0 Å². The molecule has 0 aromatic carbocycles. The lowest BCUT2D eigenvalue weighted by Gasteiger charge is -2.18. The van der Waals surface area contributed by atoms with Crippen molar-refractivity contribution in [2.75, 3.05) is 6.54 Å². The minimum atomic E-state index is 0.0620. The largest absolute Gasteiger partial charge is 0.389 e. The number of rotatable bonds is 6. The third-order valence-corrected chi connectivity index (χ3v) is 3.33. The van der Waals surface area contributed by atoms with Crippen LogP contribution in [0.15, 0.2) is 31.5 Å². The van der Waals surface area contributed by atoms with Crippen LogP contribution in [0.1, 0.15) is 58.0 Å². The second-order valence-electron chi connectivity index (χ2n) is 6.13. The number of allylic oxidation sites excluding steroid dienone is 1. The topological polar surface area (TPSA) is 29.9 Å². The Hall–Kier alpha value is -1.51. The van der Waals surface area contributed by atoms with Crippen molar-refractivity contribution in [1.29, 1.82) is 0 Å². The summed E-state index contributed by atoms with van der Waals surface area (Å²) in [6.45, 7) is 19.3. The van der Waals surface area contributed by atoms with Gasteiger partial charge >= 0.3 is 0 Å². The lowest BCUT2D eigenvalue weighted by Crippen LogP contribution is -2.22. The average Bonchev–Trinajstić information content (AvgIpc) is 2.79. The molecule has 19 heavy (non-hydrogen) atoms. The van der Waals surface area contributed by atoms with E-state index in [1.165, 1.54) is 5.69 Å². The quantitative estimate of drug-likeness (QED) is 0.790. The molecule has 1 rings (SSSR count). The minimum Gasteiger partial charge on any atom is -0.389 e. The average molecular weight is 261 g/mol. The summed E-state index contributed by atoms with van der Waals surface area (Å²) in [5.41, 5.74) is 2.41. The zero-order valence-corrected chi connectivity index (χ0v) is 12.9. The summed E-state index contributed by atoms with van der Waals surface area (Å²) in [4.78, 5) is 0. The molecular weight excluding hydrogens is 234 g/mol. The van der Waals surface area contributed by atoms with Crippen LogP contribution in [0, 0.1) is 0 Å². The van der Waals surface area contributed by atoms with E-state index in [0.29, 0.717) is 5.92 Å². The van der Waals surface area contributed by atoms with Crippen molar-refractivity contribution in [3.05, 3.63) is 42.9 Å². The second kappa shape index (κ2) is 6.09. The molecule has 0 bridgehead atoms. The highest BCUT2D eigenvalue weighted by molar-refractivity contribution is 5.23. The van der Waals surface area contributed by atoms with E-state index >= 15 is 0 Å². The fraction of sp³-hybridized carbons (Fsp3) is 0.562. The van der Waals surface area contributed by atoms with Crippen LogP contribution in [0.4, 0.5) is 0 Å². The Kier molecular flexibility index (Phi) is 4.98. The van der Waals surface area contributed by atoms with Gasteiger partial charge in [0.05, 0.1) is 11.7 Å². The molecule has 3 heteroatoms. The molecule has 1 aromatic heterocycles. The normalized spacial score (nSPS) is 14.8. The lowest BCUT2D eigenvalue weighted by atomic mass is 9.91. The van der Waals surface area contributed by atoms with Crippen molar-refractivity contribution in [2.45, 2.75) is 52.0 Å². The highest BCUT2D eigenvalue weighted by Gasteiger charge is 2.23. The maximum atomic E-state index is 4.80. The van der Waals surface area contributed by atoms with Gasteiger partial charge in [0.1, 0.15) is 0 Å². The molecule has 2 atom stereocenters. The van der Waals surface area contributed by atoms with Gasteiger partial charge in [-0.2, -0.15) is 5.10 Å². The van der Waals surface area contributed by atoms with Crippen LogP contribution < -0.4 is 5.32 Å². The number of nitrogens with one attached hydrogen (secondary N) is 1. The van der Waals surface area contributed by atoms with E-state index in [0.717, 1.165) is 12.2 Å². The lowest BCUT2D eigenvalue weighted by molar-refractivity contribution is 0.443. The van der Waals surface area contributed by atoms with Crippen molar-refractivity contribution < 1.29 is 0 Å². The van der Waals surface area contributed by atoms with Gasteiger partial charge < -0.3 is 5.32 Å². The number of hydrogen-bond donors (Lipinski definition) is 1. The summed E-state index contributed by atoms with van der Waals surface area (Å²) >= 11 is 0. The molecule has 0 saturated carbocycles. The molecule has 0 aliphatic carbocycles. The van der Waals surface area contributed by atoms with Crippen LogP contribution in [-0.4, -0.2) is 16.3 Å². The summed E-state index contributed by atoms with van der Waals surface area (Å²) in [7, 11) is 0. The summed E-state index contributed by atoms with van der Waals surface area (Å²) < 4.78 is 2.11. The predicted octanol–water partition coefficient (Wildman–Crippen LogP) is 3.76. The van der Waals surface area contributed by atoms with Crippen LogP contribution in [0.25, 0.3) is 0 Å². The van der Waals surface area contributed by atoms with E-state index in [-0.39, 0.29) is 11.5 Å². The smallest absolute Gasteiger partial charge is 0.0681 e. The molecule has 1 N–H and O–H groups in total. The van der Waals surface area contributed by atoms with E-state index in [1.807, 2.05) is 6.08 Å². The van der Waals surface area contributed by atoms with Gasteiger partial charge in [-0.25, -0.2) is 0 Å². The maximum Gasteiger partial charge on any atom is 0.0681 e. The van der Waals surface area contributed by atoms with Crippen LogP contribution in [-0.2, 0) is 5.41 Å². The standard InChI is InChI=1S/C16H27N3/c1-8-12(3)14-10-15(16(5,6)7)18-19(14)13(4)11-17-9-2/h8-10,12-13,17H,1-2,11H2,3-7H3. The molecule has 0 spiro atoms. The van der Waals surface area contributed by atoms with E-state index in [2.05, 4.69) is 63.8 Å². The second-order valence-corrected chi connectivity index (χ2v) is 6.13. The molecule has 0 radical (unpaired) electrons. The maximum absolute atomic E-state index is 4.80. The molecule has 2 unspecified atom stereocenters. The fourth-order valence-corrected chi connectivity index (χ4v) is 1.93. The van der Waals surface area contributed by atoms with Crippen molar-refractivity contribution in [2.24, 2.45) is 0 Å². The Bertz CT molecular complexity index is 437. The first-order chi connectivity index (χ1) is 8.81. The van der Waals surface area contributed by atoms with Gasteiger partial charge in [0.2, 0.25) is 0 Å². The molecule has 0 fully saturated rings. The van der Waals surface area contributed by atoms with Gasteiger partial charge in [-0.3, -0.25) is 4.68 Å². The first kappa shape index (κ1) is 15.5. The summed E-state index contributed by atoms with van der Waals surface area (Å²) in [6.07, 6.45) is 3.69. The third kappa shape index (κ3) is 3.72. The molecule has 0 saturated heterocycles. The monoisotopic (exact) mass is 261 g/mol. The predicted molar refractivity (Wildman–Crippen MR) is 82.4 cm³/mol. The van der Waals surface area contributed by atoms with Crippen molar-refractivity contribution in [1.82, 2.24) is 15.1 Å². The van der Waals surface area contributed by atoms with Gasteiger partial charge in [-0.15, -0.1) is 6.58 Å². The first-order valence-corrected chi connectivity index (χ1v) is 6.88. The molecule has 0 aliphatic rings. The van der Waals surface area contributed by atoms with E-state index in [9.17, 15) is 0 Å². The first-order valence-electron chi connectivity index (χ1n) is 6.88. The molecule has 3 nitrogen and oxygen atoms in total. The van der Waals surface area contributed by atoms with Crippen molar-refractivity contribution in [3.8, 4) is 0 Å². The van der Waals surface area contributed by atoms with Crippen LogP contribution >= 0.6 is 0 Å². The van der Waals surface area contributed by atoms with E-state index in [4.69, 9.17) is 5.10 Å². The Morgan fingerprint density at radius 1 is 1.37 bits per heavy atom. The summed E-state index contributed by atoms with van der Waals surface area (Å²) in [5, 5.41) is 7.95. The Morgan fingerprint density at radius 2 is 2.00 bits per heavy atom. The Morgan fingerprint density at radius 3 is 2.47 bits per heavy atom. The van der Waals surface area contributed by atoms with Crippen molar-refractivity contribution >= 4 is 0 Å². The zero-order chi connectivity index (χ0) is 14.6.